The zero-order valence-electron chi connectivity index (χ0n) is 14.7. The van der Waals surface area contributed by atoms with Gasteiger partial charge in [0.15, 0.2) is 5.78 Å². The summed E-state index contributed by atoms with van der Waals surface area (Å²) >= 11 is 0. The third-order valence-corrected chi connectivity index (χ3v) is 5.36. The van der Waals surface area contributed by atoms with Crippen LogP contribution in [0.3, 0.4) is 0 Å². The zero-order valence-corrected chi connectivity index (χ0v) is 14.7. The van der Waals surface area contributed by atoms with Crippen LogP contribution in [0.1, 0.15) is 47.8 Å². The normalized spacial score (nSPS) is 22.8. The minimum Gasteiger partial charge on any atom is -0.508 e. The summed E-state index contributed by atoms with van der Waals surface area (Å²) in [7, 11) is 0. The predicted octanol–water partition coefficient (Wildman–Crippen LogP) is 3.70. The molecule has 1 aliphatic carbocycles. The van der Waals surface area contributed by atoms with Crippen LogP contribution in [0.4, 0.5) is 0 Å². The van der Waals surface area contributed by atoms with Crippen LogP contribution in [0.25, 0.3) is 0 Å². The molecule has 4 heteroatoms. The van der Waals surface area contributed by atoms with Gasteiger partial charge in [0.1, 0.15) is 5.75 Å². The molecule has 2 unspecified atom stereocenters. The molecule has 2 aromatic carbocycles. The summed E-state index contributed by atoms with van der Waals surface area (Å²) in [4.78, 5) is 25.2. The lowest BCUT2D eigenvalue weighted by atomic mass is 9.73. The monoisotopic (exact) mass is 347 g/mol. The van der Waals surface area contributed by atoms with Crippen LogP contribution in [0.5, 0.6) is 5.75 Å². The Balaban J connectivity index is 1.71. The first-order valence-electron chi connectivity index (χ1n) is 8.93. The molecule has 4 rings (SSSR count). The molecule has 0 aromatic heterocycles. The number of hydrogen-bond acceptors (Lipinski definition) is 3. The largest absolute Gasteiger partial charge is 0.508 e. The first kappa shape index (κ1) is 16.6. The maximum atomic E-state index is 13.0. The van der Waals surface area contributed by atoms with Crippen LogP contribution in [0.15, 0.2) is 59.8 Å². The number of carbonyl (C=O) groups is 2. The van der Waals surface area contributed by atoms with Crippen molar-refractivity contribution in [2.45, 2.75) is 38.0 Å². The number of amides is 1. The van der Waals surface area contributed by atoms with E-state index >= 15 is 0 Å². The Morgan fingerprint density at radius 1 is 0.962 bits per heavy atom. The molecular weight excluding hydrogens is 326 g/mol. The number of carbonyl (C=O) groups excluding carboxylic acids is 2. The number of phenolic OH excluding ortho intramolecular Hbond substituents is 1. The highest BCUT2D eigenvalue weighted by molar-refractivity contribution is 6.02. The Morgan fingerprint density at radius 2 is 1.73 bits per heavy atom. The molecule has 2 N–H and O–H groups in total. The molecule has 0 saturated heterocycles. The van der Waals surface area contributed by atoms with Crippen molar-refractivity contribution in [1.29, 1.82) is 0 Å². The smallest absolute Gasteiger partial charge is 0.225 e. The molecule has 0 bridgehead atoms. The molecule has 1 amide bonds. The van der Waals surface area contributed by atoms with Crippen molar-refractivity contribution in [1.82, 2.24) is 5.32 Å². The molecule has 0 spiro atoms. The molecular formula is C22H21NO3. The highest BCUT2D eigenvalue weighted by atomic mass is 16.3. The van der Waals surface area contributed by atoms with E-state index in [-0.39, 0.29) is 35.7 Å². The van der Waals surface area contributed by atoms with Gasteiger partial charge >= 0.3 is 0 Å². The fraction of sp³-hybridized carbons (Fsp3) is 0.273. The number of allylic oxidation sites excluding steroid dienone is 2. The van der Waals surface area contributed by atoms with E-state index in [0.29, 0.717) is 18.4 Å². The summed E-state index contributed by atoms with van der Waals surface area (Å²) < 4.78 is 0. The lowest BCUT2D eigenvalue weighted by molar-refractivity contribution is -0.122. The van der Waals surface area contributed by atoms with Crippen molar-refractivity contribution in [3.63, 3.8) is 0 Å². The van der Waals surface area contributed by atoms with Crippen LogP contribution in [0.2, 0.25) is 0 Å². The summed E-state index contributed by atoms with van der Waals surface area (Å²) in [6.45, 7) is 2.04. The third-order valence-electron chi connectivity index (χ3n) is 5.36. The van der Waals surface area contributed by atoms with Crippen molar-refractivity contribution < 1.29 is 14.7 Å². The highest BCUT2D eigenvalue weighted by Crippen LogP contribution is 2.42. The Hall–Kier alpha value is -2.88. The van der Waals surface area contributed by atoms with Gasteiger partial charge < -0.3 is 10.4 Å². The van der Waals surface area contributed by atoms with Crippen molar-refractivity contribution >= 4 is 11.7 Å². The lowest BCUT2D eigenvalue weighted by Crippen LogP contribution is -2.38. The molecule has 0 radical (unpaired) electrons. The number of nitrogens with one attached hydrogen (secondary N) is 1. The molecule has 1 heterocycles. The number of aromatic hydroxyl groups is 1. The Morgan fingerprint density at radius 3 is 2.46 bits per heavy atom. The number of Topliss-reactive ketones (excluding diaryl/α,β-unsaturated/α-hetero) is 1. The summed E-state index contributed by atoms with van der Waals surface area (Å²) in [5.41, 5.74) is 4.58. The number of aryl methyl sites for hydroxylation is 1. The lowest BCUT2D eigenvalue weighted by Gasteiger charge is -2.34. The summed E-state index contributed by atoms with van der Waals surface area (Å²) in [5.74, 6) is -0.0292. The molecule has 4 nitrogen and oxygen atoms in total. The molecule has 26 heavy (non-hydrogen) atoms. The van der Waals surface area contributed by atoms with Crippen LogP contribution in [0, 0.1) is 6.92 Å². The number of rotatable bonds is 2. The van der Waals surface area contributed by atoms with E-state index in [2.05, 4.69) is 29.6 Å². The molecule has 132 valence electrons. The van der Waals surface area contributed by atoms with Gasteiger partial charge in [-0.05, 0) is 42.5 Å². The Kier molecular flexibility index (Phi) is 4.11. The van der Waals surface area contributed by atoms with E-state index in [1.165, 1.54) is 5.56 Å². The Labute approximate surface area is 152 Å². The topological polar surface area (TPSA) is 66.4 Å². The van der Waals surface area contributed by atoms with Gasteiger partial charge in [-0.2, -0.15) is 0 Å². The maximum absolute atomic E-state index is 13.0. The van der Waals surface area contributed by atoms with E-state index < -0.39 is 0 Å². The first-order valence-corrected chi connectivity index (χ1v) is 8.93. The SMILES string of the molecule is Cc1ccc(C2CC(=O)C3=C(C2)NC(=O)CC3c2cccc(O)c2)cc1. The number of hydrogen-bond donors (Lipinski definition) is 2. The summed E-state index contributed by atoms with van der Waals surface area (Å²) in [5, 5.41) is 12.7. The average Bonchev–Trinajstić information content (AvgIpc) is 2.61. The van der Waals surface area contributed by atoms with E-state index in [0.717, 1.165) is 16.8 Å². The molecule has 2 aromatic rings. The second-order valence-electron chi connectivity index (χ2n) is 7.23. The maximum Gasteiger partial charge on any atom is 0.225 e. The molecule has 2 aliphatic rings. The molecule has 2 atom stereocenters. The predicted molar refractivity (Wildman–Crippen MR) is 98.8 cm³/mol. The molecule has 0 saturated carbocycles. The summed E-state index contributed by atoms with van der Waals surface area (Å²) in [6, 6.07) is 15.1. The third kappa shape index (κ3) is 3.03. The van der Waals surface area contributed by atoms with Gasteiger partial charge in [0.2, 0.25) is 5.91 Å². The molecule has 0 fully saturated rings. The van der Waals surface area contributed by atoms with Crippen LogP contribution in [-0.2, 0) is 9.59 Å². The Bertz CT molecular complexity index is 911. The fourth-order valence-electron chi connectivity index (χ4n) is 4.06. The van der Waals surface area contributed by atoms with Gasteiger partial charge in [0, 0.05) is 30.0 Å². The standard InChI is InChI=1S/C22H21NO3/c1-13-5-7-14(8-6-13)16-10-19-22(20(25)11-16)18(12-21(26)23-19)15-3-2-4-17(24)9-15/h2-9,16,18,24H,10-12H2,1H3,(H,23,26). The van der Waals surface area contributed by atoms with Crippen molar-refractivity contribution in [2.75, 3.05) is 0 Å². The van der Waals surface area contributed by atoms with Crippen molar-refractivity contribution in [3.8, 4) is 5.75 Å². The number of benzene rings is 2. The second-order valence-corrected chi connectivity index (χ2v) is 7.23. The van der Waals surface area contributed by atoms with E-state index in [4.69, 9.17) is 0 Å². The van der Waals surface area contributed by atoms with Gasteiger partial charge in [0.25, 0.3) is 0 Å². The fourth-order valence-corrected chi connectivity index (χ4v) is 4.06. The first-order chi connectivity index (χ1) is 12.5. The van der Waals surface area contributed by atoms with Crippen molar-refractivity contribution in [3.05, 3.63) is 76.5 Å². The van der Waals surface area contributed by atoms with E-state index in [1.54, 1.807) is 18.2 Å². The van der Waals surface area contributed by atoms with Crippen LogP contribution >= 0.6 is 0 Å². The number of ketones is 1. The minimum absolute atomic E-state index is 0.0746. The quantitative estimate of drug-likeness (QED) is 0.870. The van der Waals surface area contributed by atoms with Crippen LogP contribution < -0.4 is 5.32 Å². The number of phenols is 1. The van der Waals surface area contributed by atoms with Gasteiger partial charge in [-0.3, -0.25) is 9.59 Å². The summed E-state index contributed by atoms with van der Waals surface area (Å²) in [6.07, 6.45) is 1.35. The second kappa shape index (κ2) is 6.45. The molecule has 1 aliphatic heterocycles. The van der Waals surface area contributed by atoms with Crippen LogP contribution in [-0.4, -0.2) is 16.8 Å². The van der Waals surface area contributed by atoms with Crippen molar-refractivity contribution in [2.24, 2.45) is 0 Å². The van der Waals surface area contributed by atoms with Gasteiger partial charge in [-0.15, -0.1) is 0 Å². The highest BCUT2D eigenvalue weighted by Gasteiger charge is 2.38. The van der Waals surface area contributed by atoms with Gasteiger partial charge in [-0.1, -0.05) is 42.0 Å². The van der Waals surface area contributed by atoms with Gasteiger partial charge in [0.05, 0.1) is 0 Å². The van der Waals surface area contributed by atoms with Gasteiger partial charge in [-0.25, -0.2) is 0 Å². The average molecular weight is 347 g/mol. The van der Waals surface area contributed by atoms with E-state index in [9.17, 15) is 14.7 Å². The zero-order chi connectivity index (χ0) is 18.3. The van der Waals surface area contributed by atoms with E-state index in [1.807, 2.05) is 13.0 Å². The minimum atomic E-state index is -0.280.